The van der Waals surface area contributed by atoms with Gasteiger partial charge in [0.1, 0.15) is 11.5 Å². The molecule has 0 aliphatic rings. The van der Waals surface area contributed by atoms with Gasteiger partial charge in [-0.2, -0.15) is 0 Å². The molecule has 1 N–H and O–H groups in total. The first-order chi connectivity index (χ1) is 16.1. The summed E-state index contributed by atoms with van der Waals surface area (Å²) in [5.41, 5.74) is 2.62. The van der Waals surface area contributed by atoms with E-state index in [1.807, 2.05) is 103 Å². The zero-order valence-electron chi connectivity index (χ0n) is 18.6. The van der Waals surface area contributed by atoms with Gasteiger partial charge in [0.05, 0.1) is 14.2 Å². The lowest BCUT2D eigenvalue weighted by Gasteiger charge is -2.27. The quantitative estimate of drug-likeness (QED) is 0.359. The number of hydrogen-bond acceptors (Lipinski definition) is 4. The molecule has 0 aliphatic heterocycles. The van der Waals surface area contributed by atoms with Crippen molar-refractivity contribution in [3.63, 3.8) is 0 Å². The molecule has 4 heteroatoms. The standard InChI is InChI=1S/C29H25NO3/c1-4-29(31,22-8-6-5-7-9-22)23-10-12-24(13-11-23)30(25-14-18-27(32-2)19-15-25)26-16-20-28(33-3)21-17-26/h1,5-21,31H,2-3H3. The molecule has 0 fully saturated rings. The van der Waals surface area contributed by atoms with Crippen molar-refractivity contribution in [2.24, 2.45) is 0 Å². The van der Waals surface area contributed by atoms with E-state index in [1.165, 1.54) is 0 Å². The average molecular weight is 436 g/mol. The Hall–Kier alpha value is -4.20. The van der Waals surface area contributed by atoms with E-state index >= 15 is 0 Å². The number of hydrogen-bond donors (Lipinski definition) is 1. The van der Waals surface area contributed by atoms with E-state index in [4.69, 9.17) is 15.9 Å². The van der Waals surface area contributed by atoms with E-state index < -0.39 is 5.60 Å². The van der Waals surface area contributed by atoms with Crippen LogP contribution < -0.4 is 14.4 Å². The molecule has 164 valence electrons. The molecule has 4 rings (SSSR count). The summed E-state index contributed by atoms with van der Waals surface area (Å²) in [5.74, 6) is 4.13. The van der Waals surface area contributed by atoms with Gasteiger partial charge in [-0.15, -0.1) is 6.42 Å². The van der Waals surface area contributed by atoms with Crippen LogP contribution in [0.15, 0.2) is 103 Å². The first kappa shape index (κ1) is 22.0. The lowest BCUT2D eigenvalue weighted by Crippen LogP contribution is -2.25. The van der Waals surface area contributed by atoms with Gasteiger partial charge in [0.15, 0.2) is 5.60 Å². The highest BCUT2D eigenvalue weighted by Gasteiger charge is 2.29. The second-order valence-corrected chi connectivity index (χ2v) is 7.50. The number of nitrogens with zero attached hydrogens (tertiary/aromatic N) is 1. The Labute approximate surface area is 194 Å². The van der Waals surface area contributed by atoms with Crippen molar-refractivity contribution in [1.29, 1.82) is 0 Å². The Morgan fingerprint density at radius 2 is 1.03 bits per heavy atom. The molecule has 0 bridgehead atoms. The summed E-state index contributed by atoms with van der Waals surface area (Å²) in [4.78, 5) is 2.11. The lowest BCUT2D eigenvalue weighted by molar-refractivity contribution is 0.145. The molecular formula is C29H25NO3. The molecule has 0 saturated heterocycles. The van der Waals surface area contributed by atoms with Crippen LogP contribution in [0.1, 0.15) is 11.1 Å². The topological polar surface area (TPSA) is 41.9 Å². The summed E-state index contributed by atoms with van der Waals surface area (Å²) in [7, 11) is 3.29. The third-order valence-corrected chi connectivity index (χ3v) is 5.60. The predicted octanol–water partition coefficient (Wildman–Crippen LogP) is 6.04. The normalized spacial score (nSPS) is 12.3. The fraction of sp³-hybridized carbons (Fsp3) is 0.103. The molecule has 4 aromatic carbocycles. The molecule has 1 atom stereocenters. The number of anilines is 3. The summed E-state index contributed by atoms with van der Waals surface area (Å²) < 4.78 is 10.6. The number of aliphatic hydroxyl groups is 1. The molecule has 4 nitrogen and oxygen atoms in total. The van der Waals surface area contributed by atoms with Gasteiger partial charge < -0.3 is 19.5 Å². The minimum atomic E-state index is -1.51. The van der Waals surface area contributed by atoms with Crippen molar-refractivity contribution in [2.45, 2.75) is 5.60 Å². The van der Waals surface area contributed by atoms with Crippen LogP contribution in [-0.2, 0) is 5.60 Å². The molecule has 1 unspecified atom stereocenters. The number of ether oxygens (including phenoxy) is 2. The maximum atomic E-state index is 11.3. The van der Waals surface area contributed by atoms with Gasteiger partial charge in [-0.05, 0) is 60.7 Å². The van der Waals surface area contributed by atoms with Gasteiger partial charge in [-0.3, -0.25) is 0 Å². The summed E-state index contributed by atoms with van der Waals surface area (Å²) in [6.45, 7) is 0. The summed E-state index contributed by atoms with van der Waals surface area (Å²) >= 11 is 0. The van der Waals surface area contributed by atoms with E-state index in [0.717, 1.165) is 28.6 Å². The second-order valence-electron chi connectivity index (χ2n) is 7.50. The number of methoxy groups -OCH3 is 2. The molecule has 0 amide bonds. The Balaban J connectivity index is 1.76. The molecular weight excluding hydrogens is 410 g/mol. The van der Waals surface area contributed by atoms with Crippen molar-refractivity contribution < 1.29 is 14.6 Å². The van der Waals surface area contributed by atoms with E-state index in [1.54, 1.807) is 14.2 Å². The minimum absolute atomic E-state index is 0.629. The highest BCUT2D eigenvalue weighted by Crippen LogP contribution is 2.37. The fourth-order valence-corrected chi connectivity index (χ4v) is 3.77. The van der Waals surface area contributed by atoms with E-state index in [2.05, 4.69) is 10.8 Å². The fourth-order valence-electron chi connectivity index (χ4n) is 3.77. The molecule has 0 heterocycles. The number of terminal acetylenes is 1. The monoisotopic (exact) mass is 435 g/mol. The van der Waals surface area contributed by atoms with Crippen molar-refractivity contribution in [3.05, 3.63) is 114 Å². The van der Waals surface area contributed by atoms with E-state index in [9.17, 15) is 5.11 Å². The van der Waals surface area contributed by atoms with Gasteiger partial charge >= 0.3 is 0 Å². The molecule has 0 aromatic heterocycles. The Bertz CT molecular complexity index is 1180. The first-order valence-electron chi connectivity index (χ1n) is 10.5. The van der Waals surface area contributed by atoms with Crippen LogP contribution in [0.5, 0.6) is 11.5 Å². The van der Waals surface area contributed by atoms with Crippen LogP contribution in [-0.4, -0.2) is 19.3 Å². The average Bonchev–Trinajstić information content (AvgIpc) is 2.90. The van der Waals surface area contributed by atoms with Gasteiger partial charge in [0.25, 0.3) is 0 Å². The van der Waals surface area contributed by atoms with Crippen LogP contribution in [0, 0.1) is 12.3 Å². The van der Waals surface area contributed by atoms with Gasteiger partial charge in [0, 0.05) is 28.2 Å². The van der Waals surface area contributed by atoms with Gasteiger partial charge in [-0.25, -0.2) is 0 Å². The third kappa shape index (κ3) is 4.41. The van der Waals surface area contributed by atoms with Crippen LogP contribution in [0.2, 0.25) is 0 Å². The summed E-state index contributed by atoms with van der Waals surface area (Å²) in [5, 5.41) is 11.3. The molecule has 0 spiro atoms. The second kappa shape index (κ2) is 9.52. The van der Waals surface area contributed by atoms with Crippen molar-refractivity contribution >= 4 is 17.1 Å². The zero-order valence-corrected chi connectivity index (χ0v) is 18.6. The maximum absolute atomic E-state index is 11.3. The van der Waals surface area contributed by atoms with Crippen LogP contribution in [0.25, 0.3) is 0 Å². The van der Waals surface area contributed by atoms with Crippen LogP contribution in [0.3, 0.4) is 0 Å². The smallest absolute Gasteiger partial charge is 0.176 e. The molecule has 0 saturated carbocycles. The Kier molecular flexibility index (Phi) is 6.35. The van der Waals surface area contributed by atoms with Crippen molar-refractivity contribution in [1.82, 2.24) is 0 Å². The van der Waals surface area contributed by atoms with Crippen LogP contribution in [0.4, 0.5) is 17.1 Å². The third-order valence-electron chi connectivity index (χ3n) is 5.60. The Morgan fingerprint density at radius 3 is 1.42 bits per heavy atom. The van der Waals surface area contributed by atoms with Crippen LogP contribution >= 0.6 is 0 Å². The number of benzene rings is 4. The largest absolute Gasteiger partial charge is 0.497 e. The molecule has 0 radical (unpaired) electrons. The highest BCUT2D eigenvalue weighted by atomic mass is 16.5. The Morgan fingerprint density at radius 1 is 0.636 bits per heavy atom. The molecule has 0 aliphatic carbocycles. The van der Waals surface area contributed by atoms with Crippen molar-refractivity contribution in [2.75, 3.05) is 19.1 Å². The minimum Gasteiger partial charge on any atom is -0.497 e. The predicted molar refractivity (Wildman–Crippen MR) is 133 cm³/mol. The van der Waals surface area contributed by atoms with Crippen molar-refractivity contribution in [3.8, 4) is 23.8 Å². The van der Waals surface area contributed by atoms with Gasteiger partial charge in [-0.1, -0.05) is 48.4 Å². The summed E-state index contributed by atoms with van der Waals surface area (Å²) in [6, 6.07) is 32.6. The van der Waals surface area contributed by atoms with E-state index in [-0.39, 0.29) is 0 Å². The zero-order chi connectivity index (χ0) is 23.3. The molecule has 4 aromatic rings. The maximum Gasteiger partial charge on any atom is 0.176 e. The lowest BCUT2D eigenvalue weighted by atomic mass is 9.87. The summed E-state index contributed by atoms with van der Waals surface area (Å²) in [6.07, 6.45) is 5.77. The van der Waals surface area contributed by atoms with Gasteiger partial charge in [0.2, 0.25) is 0 Å². The first-order valence-corrected chi connectivity index (χ1v) is 10.5. The van der Waals surface area contributed by atoms with E-state index in [0.29, 0.717) is 11.1 Å². The number of rotatable bonds is 7. The SMILES string of the molecule is C#CC(O)(c1ccccc1)c1ccc(N(c2ccc(OC)cc2)c2ccc(OC)cc2)cc1. The highest BCUT2D eigenvalue weighted by molar-refractivity contribution is 5.77. The molecule has 33 heavy (non-hydrogen) atoms.